The van der Waals surface area contributed by atoms with Gasteiger partial charge >= 0.3 is 0 Å². The fraction of sp³-hybridized carbons (Fsp3) is 0.611. The summed E-state index contributed by atoms with van der Waals surface area (Å²) in [5.41, 5.74) is 5.15. The number of benzene rings is 2. The Kier molecular flexibility index (Phi) is 11.2. The first-order valence-corrected chi connectivity index (χ1v) is 15.2. The van der Waals surface area contributed by atoms with Gasteiger partial charge in [0.05, 0.1) is 11.1 Å². The van der Waals surface area contributed by atoms with Crippen molar-refractivity contribution in [2.45, 2.75) is 118 Å². The molecule has 2 rings (SSSR count). The van der Waals surface area contributed by atoms with Crippen LogP contribution in [0.15, 0.2) is 34.3 Å². The van der Waals surface area contributed by atoms with Gasteiger partial charge in [0.2, 0.25) is 0 Å². The van der Waals surface area contributed by atoms with Crippen molar-refractivity contribution in [3.63, 3.8) is 0 Å². The summed E-state index contributed by atoms with van der Waals surface area (Å²) >= 11 is 0. The summed E-state index contributed by atoms with van der Waals surface area (Å²) in [5, 5.41) is 22.3. The van der Waals surface area contributed by atoms with Crippen LogP contribution in [0.3, 0.4) is 0 Å². The van der Waals surface area contributed by atoms with Crippen LogP contribution in [0.1, 0.15) is 116 Å². The Balaban J connectivity index is 2.24. The summed E-state index contributed by atoms with van der Waals surface area (Å²) in [6, 6.07) is 8.36. The Morgan fingerprint density at radius 1 is 0.571 bits per heavy atom. The molecule has 0 spiro atoms. The number of hydrogen-bond donors (Lipinski definition) is 2. The molecule has 0 amide bonds. The fourth-order valence-electron chi connectivity index (χ4n) is 4.35. The van der Waals surface area contributed by atoms with E-state index >= 15 is 0 Å². The molecular weight excluding hydrogens is 520 g/mol. The van der Waals surface area contributed by atoms with Crippen molar-refractivity contribution in [2.24, 2.45) is 9.98 Å². The van der Waals surface area contributed by atoms with Crippen LogP contribution in [0.25, 0.3) is 0 Å². The van der Waals surface area contributed by atoms with Crippen LogP contribution in [0.4, 0.5) is 0 Å². The van der Waals surface area contributed by atoms with E-state index in [1.807, 2.05) is 0 Å². The Bertz CT molecular complexity index is 1170. The number of aliphatic imine (C=N–C) groups is 2. The zero-order valence-corrected chi connectivity index (χ0v) is 29.0. The second kappa shape index (κ2) is 13.3. The van der Waals surface area contributed by atoms with Crippen LogP contribution in [-0.4, -0.2) is 70.7 Å². The molecule has 42 heavy (non-hydrogen) atoms. The molecule has 0 saturated carbocycles. The van der Waals surface area contributed by atoms with Gasteiger partial charge in [0.1, 0.15) is 11.5 Å². The lowest BCUT2D eigenvalue weighted by molar-refractivity contribution is 0.243. The molecule has 2 aromatic carbocycles. The Morgan fingerprint density at radius 3 is 1.14 bits per heavy atom. The first-order chi connectivity index (χ1) is 19.0. The molecule has 0 saturated heterocycles. The van der Waals surface area contributed by atoms with Gasteiger partial charge in [-0.2, -0.15) is 0 Å². The van der Waals surface area contributed by atoms with E-state index in [-0.39, 0.29) is 21.9 Å². The number of rotatable bonds is 9. The molecule has 0 aliphatic carbocycles. The molecule has 0 aromatic heterocycles. The maximum Gasteiger partial charge on any atom is 0.128 e. The molecule has 2 N–H and O–H groups in total. The van der Waals surface area contributed by atoms with Gasteiger partial charge in [0.15, 0.2) is 0 Å². The zero-order valence-electron chi connectivity index (χ0n) is 29.0. The van der Waals surface area contributed by atoms with Gasteiger partial charge in [0, 0.05) is 60.9 Å². The first kappa shape index (κ1) is 35.5. The standard InChI is InChI=1S/C36H58N4O2/c1-33(2,3)29-17-25(21-37-35(7,8)9)31(41)27(19-29)23-39(13)15-16-40(14)24-28-20-30(34(4,5)6)18-26(32(28)42)22-38-36(10,11)12/h17-22,41-42H,15-16,23-24H2,1-14H3. The minimum absolute atomic E-state index is 0.0500. The molecule has 234 valence electrons. The third kappa shape index (κ3) is 11.2. The van der Waals surface area contributed by atoms with E-state index in [0.717, 1.165) is 35.3 Å². The minimum Gasteiger partial charge on any atom is -0.507 e. The molecular formula is C36H58N4O2. The van der Waals surface area contributed by atoms with Crippen LogP contribution in [0.2, 0.25) is 0 Å². The second-order valence-corrected chi connectivity index (χ2v) is 16.0. The van der Waals surface area contributed by atoms with Crippen molar-refractivity contribution in [2.75, 3.05) is 27.2 Å². The Hall–Kier alpha value is -2.70. The molecule has 2 aromatic rings. The normalized spacial score (nSPS) is 13.8. The zero-order chi connectivity index (χ0) is 32.3. The van der Waals surface area contributed by atoms with Gasteiger partial charge in [-0.15, -0.1) is 0 Å². The van der Waals surface area contributed by atoms with Crippen LogP contribution < -0.4 is 0 Å². The lowest BCUT2D eigenvalue weighted by atomic mass is 9.84. The highest BCUT2D eigenvalue weighted by atomic mass is 16.3. The number of nitrogens with zero attached hydrogens (tertiary/aromatic N) is 4. The van der Waals surface area contributed by atoms with Crippen molar-refractivity contribution in [3.8, 4) is 11.5 Å². The van der Waals surface area contributed by atoms with Crippen molar-refractivity contribution in [1.29, 1.82) is 0 Å². The molecule has 0 aliphatic heterocycles. The predicted molar refractivity (Wildman–Crippen MR) is 181 cm³/mol. The predicted octanol–water partition coefficient (Wildman–Crippen LogP) is 7.69. The quantitative estimate of drug-likeness (QED) is 0.299. The lowest BCUT2D eigenvalue weighted by Gasteiger charge is -2.26. The second-order valence-electron chi connectivity index (χ2n) is 16.0. The van der Waals surface area contributed by atoms with E-state index in [2.05, 4.69) is 141 Å². The van der Waals surface area contributed by atoms with Crippen LogP contribution >= 0.6 is 0 Å². The third-order valence-corrected chi connectivity index (χ3v) is 7.09. The SMILES string of the molecule is CN(CCN(C)Cc1cc(C(C)(C)C)cc(C=NC(C)(C)C)c1O)Cc1cc(C(C)(C)C)cc(C=NC(C)(C)C)c1O. The van der Waals surface area contributed by atoms with Gasteiger partial charge in [-0.25, -0.2) is 0 Å². The lowest BCUT2D eigenvalue weighted by Crippen LogP contribution is -2.30. The summed E-state index contributed by atoms with van der Waals surface area (Å²) in [7, 11) is 4.16. The van der Waals surface area contributed by atoms with Crippen LogP contribution in [0, 0.1) is 0 Å². The fourth-order valence-corrected chi connectivity index (χ4v) is 4.35. The maximum absolute atomic E-state index is 11.2. The van der Waals surface area contributed by atoms with E-state index in [0.29, 0.717) is 24.6 Å². The van der Waals surface area contributed by atoms with Gasteiger partial charge < -0.3 is 20.0 Å². The number of likely N-dealkylation sites (N-methyl/N-ethyl adjacent to an activating group) is 2. The van der Waals surface area contributed by atoms with Crippen molar-refractivity contribution < 1.29 is 10.2 Å². The van der Waals surface area contributed by atoms with Crippen LogP contribution in [0.5, 0.6) is 11.5 Å². The topological polar surface area (TPSA) is 71.7 Å². The highest BCUT2D eigenvalue weighted by Crippen LogP contribution is 2.33. The van der Waals surface area contributed by atoms with Crippen LogP contribution in [-0.2, 0) is 23.9 Å². The molecule has 0 atom stereocenters. The Labute approximate surface area is 256 Å². The molecule has 6 nitrogen and oxygen atoms in total. The largest absolute Gasteiger partial charge is 0.507 e. The number of aromatic hydroxyl groups is 2. The van der Waals surface area contributed by atoms with Crippen molar-refractivity contribution in [1.82, 2.24) is 9.80 Å². The van der Waals surface area contributed by atoms with E-state index in [9.17, 15) is 10.2 Å². The van der Waals surface area contributed by atoms with E-state index in [4.69, 9.17) is 0 Å². The smallest absolute Gasteiger partial charge is 0.128 e. The van der Waals surface area contributed by atoms with Crippen molar-refractivity contribution >= 4 is 12.4 Å². The third-order valence-electron chi connectivity index (χ3n) is 7.09. The molecule has 0 heterocycles. The van der Waals surface area contributed by atoms with E-state index < -0.39 is 0 Å². The molecule has 0 radical (unpaired) electrons. The molecule has 0 bridgehead atoms. The molecule has 0 unspecified atom stereocenters. The molecule has 0 fully saturated rings. The highest BCUT2D eigenvalue weighted by molar-refractivity contribution is 5.85. The van der Waals surface area contributed by atoms with E-state index in [1.54, 1.807) is 12.4 Å². The average Bonchev–Trinajstić information content (AvgIpc) is 2.81. The summed E-state index contributed by atoms with van der Waals surface area (Å²) in [4.78, 5) is 13.8. The summed E-state index contributed by atoms with van der Waals surface area (Å²) in [6.07, 6.45) is 3.61. The summed E-state index contributed by atoms with van der Waals surface area (Å²) in [5.74, 6) is 0.592. The number of phenols is 2. The Morgan fingerprint density at radius 2 is 0.881 bits per heavy atom. The van der Waals surface area contributed by atoms with E-state index in [1.165, 1.54) is 11.1 Å². The van der Waals surface area contributed by atoms with Gasteiger partial charge in [-0.1, -0.05) is 53.7 Å². The highest BCUT2D eigenvalue weighted by Gasteiger charge is 2.21. The average molecular weight is 579 g/mol. The maximum atomic E-state index is 11.2. The summed E-state index contributed by atoms with van der Waals surface area (Å²) < 4.78 is 0. The van der Waals surface area contributed by atoms with Gasteiger partial charge in [0.25, 0.3) is 0 Å². The van der Waals surface area contributed by atoms with Gasteiger partial charge in [-0.05, 0) is 89.7 Å². The summed E-state index contributed by atoms with van der Waals surface area (Å²) in [6.45, 7) is 28.3. The first-order valence-electron chi connectivity index (χ1n) is 15.2. The minimum atomic E-state index is -0.216. The van der Waals surface area contributed by atoms with Crippen molar-refractivity contribution in [3.05, 3.63) is 57.6 Å². The number of phenolic OH excluding ortho intramolecular Hbond substituents is 2. The molecule has 6 heteroatoms. The monoisotopic (exact) mass is 578 g/mol. The molecule has 0 aliphatic rings. The van der Waals surface area contributed by atoms with Gasteiger partial charge in [-0.3, -0.25) is 9.98 Å². The number of hydrogen-bond acceptors (Lipinski definition) is 6.